The van der Waals surface area contributed by atoms with Gasteiger partial charge in [-0.25, -0.2) is 4.39 Å². The molecule has 0 aliphatic carbocycles. The third-order valence-corrected chi connectivity index (χ3v) is 2.27. The fraction of sp³-hybridized carbons (Fsp3) is 0.455. The van der Waals surface area contributed by atoms with Crippen LogP contribution in [0.4, 0.5) is 4.39 Å². The zero-order valence-corrected chi connectivity index (χ0v) is 8.41. The molecular formula is C11H14FNO2. The van der Waals surface area contributed by atoms with Gasteiger partial charge < -0.3 is 14.8 Å². The molecule has 0 saturated carbocycles. The molecule has 3 nitrogen and oxygen atoms in total. The van der Waals surface area contributed by atoms with Crippen LogP contribution >= 0.6 is 0 Å². The van der Waals surface area contributed by atoms with Gasteiger partial charge in [0.05, 0.1) is 6.61 Å². The number of benzene rings is 1. The van der Waals surface area contributed by atoms with E-state index in [4.69, 9.17) is 9.47 Å². The van der Waals surface area contributed by atoms with Gasteiger partial charge in [-0.15, -0.1) is 0 Å². The van der Waals surface area contributed by atoms with Crippen LogP contribution in [0.2, 0.25) is 0 Å². The molecule has 15 heavy (non-hydrogen) atoms. The van der Waals surface area contributed by atoms with Crippen molar-refractivity contribution in [2.45, 2.75) is 6.10 Å². The van der Waals surface area contributed by atoms with Crippen LogP contribution in [0.5, 0.6) is 5.75 Å². The molecule has 1 atom stereocenters. The predicted octanol–water partition coefficient (Wildman–Crippen LogP) is 1.19. The van der Waals surface area contributed by atoms with Crippen molar-refractivity contribution in [1.29, 1.82) is 0 Å². The summed E-state index contributed by atoms with van der Waals surface area (Å²) in [6.45, 7) is 2.70. The summed E-state index contributed by atoms with van der Waals surface area (Å²) in [6, 6.07) is 6.39. The van der Waals surface area contributed by atoms with E-state index in [0.717, 1.165) is 13.1 Å². The van der Waals surface area contributed by atoms with Gasteiger partial charge in [-0.2, -0.15) is 0 Å². The Morgan fingerprint density at radius 2 is 2.33 bits per heavy atom. The number of hydrogen-bond donors (Lipinski definition) is 1. The Bertz CT molecular complexity index is 313. The lowest BCUT2D eigenvalue weighted by molar-refractivity contribution is -0.000537. The van der Waals surface area contributed by atoms with Gasteiger partial charge in [-0.1, -0.05) is 12.1 Å². The summed E-state index contributed by atoms with van der Waals surface area (Å²) in [4.78, 5) is 0. The Hall–Kier alpha value is -1.13. The fourth-order valence-electron chi connectivity index (χ4n) is 1.47. The van der Waals surface area contributed by atoms with Crippen LogP contribution in [-0.2, 0) is 4.74 Å². The third kappa shape index (κ3) is 2.91. The maximum atomic E-state index is 13.2. The summed E-state index contributed by atoms with van der Waals surface area (Å²) in [6.07, 6.45) is 0.0124. The van der Waals surface area contributed by atoms with Crippen LogP contribution in [-0.4, -0.2) is 32.4 Å². The van der Waals surface area contributed by atoms with Gasteiger partial charge in [-0.3, -0.25) is 0 Å². The zero-order chi connectivity index (χ0) is 10.5. The molecule has 1 aliphatic heterocycles. The molecule has 2 rings (SSSR count). The van der Waals surface area contributed by atoms with Gasteiger partial charge >= 0.3 is 0 Å². The number of para-hydroxylation sites is 1. The van der Waals surface area contributed by atoms with Crippen molar-refractivity contribution in [3.8, 4) is 5.75 Å². The van der Waals surface area contributed by atoms with Gasteiger partial charge in [-0.05, 0) is 12.1 Å². The normalized spacial score (nSPS) is 21.3. The highest BCUT2D eigenvalue weighted by Crippen LogP contribution is 2.15. The summed E-state index contributed by atoms with van der Waals surface area (Å²) in [5, 5.41) is 3.19. The molecule has 1 aromatic rings. The second-order valence-electron chi connectivity index (χ2n) is 3.44. The van der Waals surface area contributed by atoms with Crippen molar-refractivity contribution in [2.75, 3.05) is 26.3 Å². The molecule has 1 aromatic carbocycles. The number of nitrogens with one attached hydrogen (secondary N) is 1. The number of ether oxygens (including phenoxy) is 2. The quantitative estimate of drug-likeness (QED) is 0.814. The molecule has 1 saturated heterocycles. The molecule has 0 unspecified atom stereocenters. The minimum Gasteiger partial charge on any atom is -0.488 e. The van der Waals surface area contributed by atoms with Crippen molar-refractivity contribution in [3.63, 3.8) is 0 Å². The SMILES string of the molecule is Fc1ccccc1OC[C@H]1CNCCO1. The maximum Gasteiger partial charge on any atom is 0.165 e. The molecule has 1 heterocycles. The van der Waals surface area contributed by atoms with Crippen LogP contribution in [0.1, 0.15) is 0 Å². The Morgan fingerprint density at radius 3 is 3.07 bits per heavy atom. The summed E-state index contributed by atoms with van der Waals surface area (Å²) >= 11 is 0. The molecule has 0 radical (unpaired) electrons. The third-order valence-electron chi connectivity index (χ3n) is 2.27. The highest BCUT2D eigenvalue weighted by molar-refractivity contribution is 5.23. The molecule has 82 valence electrons. The molecule has 0 spiro atoms. The fourth-order valence-corrected chi connectivity index (χ4v) is 1.47. The van der Waals surface area contributed by atoms with Crippen LogP contribution < -0.4 is 10.1 Å². The lowest BCUT2D eigenvalue weighted by atomic mass is 10.3. The van der Waals surface area contributed by atoms with Gasteiger partial charge in [0.25, 0.3) is 0 Å². The van der Waals surface area contributed by atoms with Crippen molar-refractivity contribution in [1.82, 2.24) is 5.32 Å². The van der Waals surface area contributed by atoms with Crippen LogP contribution in [0.3, 0.4) is 0 Å². The van der Waals surface area contributed by atoms with Gasteiger partial charge in [0.15, 0.2) is 11.6 Å². The van der Waals surface area contributed by atoms with E-state index in [1.54, 1.807) is 18.2 Å². The van der Waals surface area contributed by atoms with Gasteiger partial charge in [0.1, 0.15) is 12.7 Å². The molecule has 0 amide bonds. The first-order valence-corrected chi connectivity index (χ1v) is 5.06. The van der Waals surface area contributed by atoms with E-state index in [9.17, 15) is 4.39 Å². The topological polar surface area (TPSA) is 30.5 Å². The van der Waals surface area contributed by atoms with E-state index in [0.29, 0.717) is 13.2 Å². The number of hydrogen-bond acceptors (Lipinski definition) is 3. The number of rotatable bonds is 3. The van der Waals surface area contributed by atoms with Gasteiger partial charge in [0.2, 0.25) is 0 Å². The van der Waals surface area contributed by atoms with Crippen LogP contribution in [0.15, 0.2) is 24.3 Å². The first-order valence-electron chi connectivity index (χ1n) is 5.06. The molecule has 0 aromatic heterocycles. The molecule has 0 bridgehead atoms. The minimum absolute atomic E-state index is 0.0124. The molecular weight excluding hydrogens is 197 g/mol. The zero-order valence-electron chi connectivity index (χ0n) is 8.41. The Labute approximate surface area is 88.2 Å². The van der Waals surface area contributed by atoms with E-state index >= 15 is 0 Å². The van der Waals surface area contributed by atoms with E-state index in [1.165, 1.54) is 6.07 Å². The predicted molar refractivity (Wildman–Crippen MR) is 54.5 cm³/mol. The molecule has 1 fully saturated rings. The largest absolute Gasteiger partial charge is 0.488 e. The van der Waals surface area contributed by atoms with Gasteiger partial charge in [0, 0.05) is 13.1 Å². The highest BCUT2D eigenvalue weighted by atomic mass is 19.1. The Kier molecular flexibility index (Phi) is 3.53. The molecule has 4 heteroatoms. The summed E-state index contributed by atoms with van der Waals surface area (Å²) < 4.78 is 23.9. The average molecular weight is 211 g/mol. The summed E-state index contributed by atoms with van der Waals surface area (Å²) in [7, 11) is 0. The van der Waals surface area contributed by atoms with E-state index in [2.05, 4.69) is 5.32 Å². The molecule has 1 aliphatic rings. The maximum absolute atomic E-state index is 13.2. The second-order valence-corrected chi connectivity index (χ2v) is 3.44. The molecule has 1 N–H and O–H groups in total. The minimum atomic E-state index is -0.332. The Balaban J connectivity index is 1.84. The first-order chi connectivity index (χ1) is 7.36. The van der Waals surface area contributed by atoms with Crippen molar-refractivity contribution in [2.24, 2.45) is 0 Å². The monoisotopic (exact) mass is 211 g/mol. The lowest BCUT2D eigenvalue weighted by Gasteiger charge is -2.23. The van der Waals surface area contributed by atoms with Crippen molar-refractivity contribution >= 4 is 0 Å². The summed E-state index contributed by atoms with van der Waals surface area (Å²) in [5.41, 5.74) is 0. The van der Waals surface area contributed by atoms with Crippen molar-refractivity contribution < 1.29 is 13.9 Å². The Morgan fingerprint density at radius 1 is 1.47 bits per heavy atom. The number of morpholine rings is 1. The standard InChI is InChI=1S/C11H14FNO2/c12-10-3-1-2-4-11(10)15-8-9-7-13-5-6-14-9/h1-4,9,13H,5-8H2/t9-/m1/s1. The summed E-state index contributed by atoms with van der Waals surface area (Å²) in [5.74, 6) is -0.0482. The van der Waals surface area contributed by atoms with E-state index in [-0.39, 0.29) is 17.7 Å². The smallest absolute Gasteiger partial charge is 0.165 e. The first kappa shape index (κ1) is 10.4. The van der Waals surface area contributed by atoms with Crippen molar-refractivity contribution in [3.05, 3.63) is 30.1 Å². The highest BCUT2D eigenvalue weighted by Gasteiger charge is 2.14. The lowest BCUT2D eigenvalue weighted by Crippen LogP contribution is -2.41. The van der Waals surface area contributed by atoms with E-state index < -0.39 is 0 Å². The average Bonchev–Trinajstić information content (AvgIpc) is 2.29. The van der Waals surface area contributed by atoms with Crippen LogP contribution in [0, 0.1) is 5.82 Å². The van der Waals surface area contributed by atoms with Crippen LogP contribution in [0.25, 0.3) is 0 Å². The van der Waals surface area contributed by atoms with E-state index in [1.807, 2.05) is 0 Å². The number of halogens is 1. The second kappa shape index (κ2) is 5.09.